The maximum absolute atomic E-state index is 4.62. The molecule has 0 bridgehead atoms. The van der Waals surface area contributed by atoms with E-state index in [0.717, 1.165) is 5.70 Å². The lowest BCUT2D eigenvalue weighted by Crippen LogP contribution is -2.07. The van der Waals surface area contributed by atoms with Crippen LogP contribution in [0.3, 0.4) is 0 Å². The second-order valence-electron chi connectivity index (χ2n) is 1.56. The summed E-state index contributed by atoms with van der Waals surface area (Å²) in [6.07, 6.45) is 3.52. The molecule has 0 saturated heterocycles. The van der Waals surface area contributed by atoms with Gasteiger partial charge in [-0.2, -0.15) is 0 Å². The van der Waals surface area contributed by atoms with Gasteiger partial charge in [-0.05, 0) is 13.0 Å². The Morgan fingerprint density at radius 2 is 2.33 bits per heavy atom. The normalized spacial score (nSPS) is 12.6. The van der Waals surface area contributed by atoms with Crippen molar-refractivity contribution in [1.82, 2.24) is 5.48 Å². The molecule has 0 aliphatic heterocycles. The zero-order chi connectivity index (χ0) is 7.11. The van der Waals surface area contributed by atoms with Crippen molar-refractivity contribution in [1.29, 1.82) is 0 Å². The molecule has 0 heterocycles. The second kappa shape index (κ2) is 5.31. The van der Waals surface area contributed by atoms with Crippen molar-refractivity contribution >= 4 is 6.21 Å². The molecule has 1 N–H and O–H groups in total. The number of nitrogens with zero attached hydrogens (tertiary/aromatic N) is 1. The molecular weight excluding hydrogens is 116 g/mol. The van der Waals surface area contributed by atoms with E-state index in [1.807, 2.05) is 13.0 Å². The van der Waals surface area contributed by atoms with Gasteiger partial charge in [-0.25, -0.2) is 0 Å². The average Bonchev–Trinajstić information content (AvgIpc) is 1.85. The molecule has 3 nitrogen and oxygen atoms in total. The van der Waals surface area contributed by atoms with Gasteiger partial charge in [0, 0.05) is 19.0 Å². The molecule has 0 saturated carbocycles. The lowest BCUT2D eigenvalue weighted by molar-refractivity contribution is 0.118. The lowest BCUT2D eigenvalue weighted by Gasteiger charge is -1.98. The van der Waals surface area contributed by atoms with Crippen molar-refractivity contribution in [2.45, 2.75) is 6.92 Å². The first-order valence-corrected chi connectivity index (χ1v) is 2.69. The van der Waals surface area contributed by atoms with Crippen LogP contribution >= 0.6 is 0 Å². The Kier molecular flexibility index (Phi) is 4.82. The number of rotatable bonds is 3. The molecule has 0 rings (SSSR count). The van der Waals surface area contributed by atoms with E-state index in [4.69, 9.17) is 0 Å². The minimum absolute atomic E-state index is 0.933. The van der Waals surface area contributed by atoms with Gasteiger partial charge in [-0.3, -0.25) is 15.3 Å². The minimum atomic E-state index is 0.933. The zero-order valence-corrected chi connectivity index (χ0v) is 6.01. The maximum Gasteiger partial charge on any atom is 0.0636 e. The summed E-state index contributed by atoms with van der Waals surface area (Å²) in [7, 11) is 3.29. The van der Waals surface area contributed by atoms with Crippen LogP contribution in [0.25, 0.3) is 0 Å². The summed E-state index contributed by atoms with van der Waals surface area (Å²) in [6.45, 7) is 1.89. The monoisotopic (exact) mass is 128 g/mol. The third kappa shape index (κ3) is 5.03. The Labute approximate surface area is 55.4 Å². The van der Waals surface area contributed by atoms with E-state index in [9.17, 15) is 0 Å². The summed E-state index contributed by atoms with van der Waals surface area (Å²) in [5.41, 5.74) is 3.58. The SMILES string of the molecule is CN=C/C=C(\C)NOC. The molecule has 0 aliphatic carbocycles. The predicted molar refractivity (Wildman–Crippen MR) is 38.3 cm³/mol. The van der Waals surface area contributed by atoms with Gasteiger partial charge in [-0.15, -0.1) is 0 Å². The molecule has 9 heavy (non-hydrogen) atoms. The molecule has 0 atom stereocenters. The van der Waals surface area contributed by atoms with Crippen LogP contribution in [0.4, 0.5) is 0 Å². The number of nitrogens with one attached hydrogen (secondary N) is 1. The van der Waals surface area contributed by atoms with E-state index in [1.54, 1.807) is 20.4 Å². The van der Waals surface area contributed by atoms with Gasteiger partial charge in [-0.1, -0.05) is 0 Å². The van der Waals surface area contributed by atoms with Gasteiger partial charge in [0.2, 0.25) is 0 Å². The summed E-state index contributed by atoms with van der Waals surface area (Å²) in [6, 6.07) is 0. The standard InChI is InChI=1S/C6H12N2O/c1-6(8-9-3)4-5-7-2/h4-5,8H,1-3H3/b6-4+,7-5?. The molecule has 0 radical (unpaired) electrons. The number of allylic oxidation sites excluding steroid dienone is 2. The first-order valence-electron chi connectivity index (χ1n) is 2.69. The van der Waals surface area contributed by atoms with Crippen LogP contribution in [0.2, 0.25) is 0 Å². The molecule has 52 valence electrons. The smallest absolute Gasteiger partial charge is 0.0636 e. The molecule has 0 spiro atoms. The Bertz CT molecular complexity index is 118. The van der Waals surface area contributed by atoms with Crippen LogP contribution in [0.15, 0.2) is 16.8 Å². The fourth-order valence-electron chi connectivity index (χ4n) is 0.381. The van der Waals surface area contributed by atoms with Gasteiger partial charge in [0.1, 0.15) is 0 Å². The van der Waals surface area contributed by atoms with Crippen molar-refractivity contribution in [3.63, 3.8) is 0 Å². The van der Waals surface area contributed by atoms with Crippen molar-refractivity contribution in [3.8, 4) is 0 Å². The average molecular weight is 128 g/mol. The Balaban J connectivity index is 3.55. The van der Waals surface area contributed by atoms with Crippen molar-refractivity contribution < 1.29 is 4.84 Å². The molecule has 0 fully saturated rings. The minimum Gasteiger partial charge on any atom is -0.296 e. The van der Waals surface area contributed by atoms with E-state index in [0.29, 0.717) is 0 Å². The van der Waals surface area contributed by atoms with Crippen molar-refractivity contribution in [3.05, 3.63) is 11.8 Å². The van der Waals surface area contributed by atoms with Crippen LogP contribution in [-0.2, 0) is 4.84 Å². The molecule has 0 unspecified atom stereocenters. The Morgan fingerprint density at radius 1 is 1.67 bits per heavy atom. The van der Waals surface area contributed by atoms with Gasteiger partial charge < -0.3 is 0 Å². The molecule has 0 aromatic rings. The second-order valence-corrected chi connectivity index (χ2v) is 1.56. The fraction of sp³-hybridized carbons (Fsp3) is 0.500. The summed E-state index contributed by atoms with van der Waals surface area (Å²) in [4.78, 5) is 8.38. The van der Waals surface area contributed by atoms with E-state index in [2.05, 4.69) is 15.3 Å². The molecule has 0 amide bonds. The third-order valence-electron chi connectivity index (χ3n) is 0.737. The quantitative estimate of drug-likeness (QED) is 0.449. The largest absolute Gasteiger partial charge is 0.296 e. The van der Waals surface area contributed by atoms with Crippen LogP contribution in [0, 0.1) is 0 Å². The first kappa shape index (κ1) is 8.17. The van der Waals surface area contributed by atoms with Crippen LogP contribution in [0.1, 0.15) is 6.92 Å². The molecule has 0 aliphatic rings. The number of hydrogen-bond donors (Lipinski definition) is 1. The highest BCUT2D eigenvalue weighted by atomic mass is 16.6. The summed E-state index contributed by atoms with van der Waals surface area (Å²) >= 11 is 0. The molecular formula is C6H12N2O. The maximum atomic E-state index is 4.62. The fourth-order valence-corrected chi connectivity index (χ4v) is 0.381. The summed E-state index contributed by atoms with van der Waals surface area (Å²) in [5, 5.41) is 0. The number of hydrogen-bond acceptors (Lipinski definition) is 3. The highest BCUT2D eigenvalue weighted by molar-refractivity contribution is 5.71. The van der Waals surface area contributed by atoms with Gasteiger partial charge >= 0.3 is 0 Å². The lowest BCUT2D eigenvalue weighted by atomic mass is 10.5. The highest BCUT2D eigenvalue weighted by Crippen LogP contribution is 1.81. The first-order chi connectivity index (χ1) is 4.31. The highest BCUT2D eigenvalue weighted by Gasteiger charge is 1.78. The van der Waals surface area contributed by atoms with Crippen LogP contribution < -0.4 is 5.48 Å². The van der Waals surface area contributed by atoms with E-state index in [1.165, 1.54) is 0 Å². The van der Waals surface area contributed by atoms with Crippen molar-refractivity contribution in [2.24, 2.45) is 4.99 Å². The molecule has 0 aromatic heterocycles. The van der Waals surface area contributed by atoms with Gasteiger partial charge in [0.25, 0.3) is 0 Å². The number of aliphatic imine (C=N–C) groups is 1. The number of hydroxylamine groups is 1. The summed E-state index contributed by atoms with van der Waals surface area (Å²) < 4.78 is 0. The molecule has 3 heteroatoms. The van der Waals surface area contributed by atoms with E-state index >= 15 is 0 Å². The molecule has 0 aromatic carbocycles. The summed E-state index contributed by atoms with van der Waals surface area (Å²) in [5.74, 6) is 0. The Morgan fingerprint density at radius 3 is 2.78 bits per heavy atom. The third-order valence-corrected chi connectivity index (χ3v) is 0.737. The zero-order valence-electron chi connectivity index (χ0n) is 6.01. The van der Waals surface area contributed by atoms with Crippen LogP contribution in [0.5, 0.6) is 0 Å². The van der Waals surface area contributed by atoms with Gasteiger partial charge in [0.05, 0.1) is 7.11 Å². The van der Waals surface area contributed by atoms with Crippen LogP contribution in [-0.4, -0.2) is 20.4 Å². The predicted octanol–water partition coefficient (Wildman–Crippen LogP) is 0.742. The van der Waals surface area contributed by atoms with E-state index in [-0.39, 0.29) is 0 Å². The van der Waals surface area contributed by atoms with Gasteiger partial charge in [0.15, 0.2) is 0 Å². The topological polar surface area (TPSA) is 33.6 Å². The van der Waals surface area contributed by atoms with E-state index < -0.39 is 0 Å². The van der Waals surface area contributed by atoms with Crippen molar-refractivity contribution in [2.75, 3.05) is 14.2 Å². The Hall–Kier alpha value is -0.830.